The van der Waals surface area contributed by atoms with E-state index in [0.29, 0.717) is 12.2 Å². The van der Waals surface area contributed by atoms with Gasteiger partial charge in [-0.15, -0.1) is 0 Å². The summed E-state index contributed by atoms with van der Waals surface area (Å²) in [5.74, 6) is 0.646. The lowest BCUT2D eigenvalue weighted by Gasteiger charge is -2.21. The van der Waals surface area contributed by atoms with Gasteiger partial charge in [0.05, 0.1) is 12.3 Å². The van der Waals surface area contributed by atoms with Crippen molar-refractivity contribution >= 4 is 5.97 Å². The minimum atomic E-state index is -0.349. The van der Waals surface area contributed by atoms with Crippen LogP contribution in [0.2, 0.25) is 0 Å². The van der Waals surface area contributed by atoms with E-state index in [-0.39, 0.29) is 17.3 Å². The normalized spacial score (nSPS) is 11.7. The van der Waals surface area contributed by atoms with Gasteiger partial charge in [0.25, 0.3) is 0 Å². The molecule has 4 nitrogen and oxygen atoms in total. The second-order valence-corrected chi connectivity index (χ2v) is 5.62. The number of nitrogens with zero attached hydrogens (tertiary/aromatic N) is 2. The van der Waals surface area contributed by atoms with Crippen LogP contribution < -0.4 is 0 Å². The van der Waals surface area contributed by atoms with E-state index in [2.05, 4.69) is 9.97 Å². The van der Waals surface area contributed by atoms with Gasteiger partial charge < -0.3 is 4.74 Å². The van der Waals surface area contributed by atoms with Gasteiger partial charge in [-0.2, -0.15) is 0 Å². The molecule has 0 aliphatic rings. The fourth-order valence-corrected chi connectivity index (χ4v) is 1.60. The van der Waals surface area contributed by atoms with Crippen LogP contribution in [0.15, 0.2) is 6.20 Å². The predicted molar refractivity (Wildman–Crippen MR) is 70.8 cm³/mol. The van der Waals surface area contributed by atoms with Gasteiger partial charge in [0.2, 0.25) is 0 Å². The van der Waals surface area contributed by atoms with Crippen LogP contribution in [-0.2, 0) is 10.2 Å². The summed E-state index contributed by atoms with van der Waals surface area (Å²) >= 11 is 0. The molecule has 1 aromatic rings. The van der Waals surface area contributed by atoms with Crippen LogP contribution in [-0.4, -0.2) is 22.5 Å². The second kappa shape index (κ2) is 5.46. The summed E-state index contributed by atoms with van der Waals surface area (Å²) in [7, 11) is 0. The number of ether oxygens (including phenoxy) is 1. The van der Waals surface area contributed by atoms with E-state index in [9.17, 15) is 4.79 Å². The van der Waals surface area contributed by atoms with Crippen LogP contribution in [0, 0.1) is 0 Å². The van der Waals surface area contributed by atoms with Crippen LogP contribution >= 0.6 is 0 Å². The Morgan fingerprint density at radius 3 is 2.44 bits per heavy atom. The molecule has 4 heteroatoms. The lowest BCUT2D eigenvalue weighted by molar-refractivity contribution is 0.0522. The number of hydrogen-bond acceptors (Lipinski definition) is 4. The summed E-state index contributed by atoms with van der Waals surface area (Å²) in [5.41, 5.74) is 1.00. The maximum absolute atomic E-state index is 11.9. The van der Waals surface area contributed by atoms with Gasteiger partial charge in [-0.3, -0.25) is 0 Å². The Morgan fingerprint density at radius 2 is 2.00 bits per heavy atom. The Hall–Kier alpha value is -1.45. The lowest BCUT2D eigenvalue weighted by Crippen LogP contribution is -2.22. The summed E-state index contributed by atoms with van der Waals surface area (Å²) in [6.07, 6.45) is 1.58. The zero-order valence-corrected chi connectivity index (χ0v) is 12.1. The van der Waals surface area contributed by atoms with Crippen molar-refractivity contribution in [3.63, 3.8) is 0 Å². The van der Waals surface area contributed by atoms with Crippen LogP contribution in [0.25, 0.3) is 0 Å². The predicted octanol–water partition coefficient (Wildman–Crippen LogP) is 3.07. The topological polar surface area (TPSA) is 52.1 Å². The Morgan fingerprint density at radius 1 is 1.39 bits per heavy atom. The van der Waals surface area contributed by atoms with E-state index >= 15 is 0 Å². The minimum absolute atomic E-state index is 0.214. The highest BCUT2D eigenvalue weighted by Crippen LogP contribution is 2.25. The van der Waals surface area contributed by atoms with Crippen LogP contribution in [0.3, 0.4) is 0 Å². The first-order chi connectivity index (χ1) is 8.27. The van der Waals surface area contributed by atoms with E-state index in [1.165, 1.54) is 0 Å². The molecule has 0 fully saturated rings. The van der Waals surface area contributed by atoms with Crippen LogP contribution in [0.5, 0.6) is 0 Å². The molecule has 0 saturated carbocycles. The molecule has 1 aromatic heterocycles. The van der Waals surface area contributed by atoms with Crippen molar-refractivity contribution in [1.29, 1.82) is 0 Å². The Bertz CT molecular complexity index is 434. The summed E-state index contributed by atoms with van der Waals surface area (Å²) in [5, 5.41) is 0. The average molecular weight is 250 g/mol. The fraction of sp³-hybridized carbons (Fsp3) is 0.643. The summed E-state index contributed by atoms with van der Waals surface area (Å²) in [6, 6.07) is 0. The fourth-order valence-electron chi connectivity index (χ4n) is 1.60. The van der Waals surface area contributed by atoms with Crippen molar-refractivity contribution in [3.05, 3.63) is 23.3 Å². The highest BCUT2D eigenvalue weighted by atomic mass is 16.5. The third kappa shape index (κ3) is 3.28. The lowest BCUT2D eigenvalue weighted by atomic mass is 9.88. The van der Waals surface area contributed by atoms with Gasteiger partial charge >= 0.3 is 5.97 Å². The van der Waals surface area contributed by atoms with Crippen molar-refractivity contribution < 1.29 is 9.53 Å². The van der Waals surface area contributed by atoms with Crippen LogP contribution in [0.1, 0.15) is 69.3 Å². The molecular weight excluding hydrogens is 228 g/mol. The molecule has 0 atom stereocenters. The third-order valence-electron chi connectivity index (χ3n) is 2.53. The molecule has 0 bridgehead atoms. The Labute approximate surface area is 109 Å². The smallest absolute Gasteiger partial charge is 0.341 e. The standard InChI is InChI=1S/C14H22N2O2/c1-7-18-13(17)10-8-15-12(9(2)3)16-11(10)14(4,5)6/h8-9H,7H2,1-6H3. The van der Waals surface area contributed by atoms with E-state index in [1.807, 2.05) is 34.6 Å². The molecule has 0 unspecified atom stereocenters. The van der Waals surface area contributed by atoms with Crippen molar-refractivity contribution in [1.82, 2.24) is 9.97 Å². The van der Waals surface area contributed by atoms with Crippen molar-refractivity contribution in [2.45, 2.75) is 52.9 Å². The molecule has 18 heavy (non-hydrogen) atoms. The molecule has 1 rings (SSSR count). The molecule has 0 aliphatic heterocycles. The molecule has 0 aliphatic carbocycles. The quantitative estimate of drug-likeness (QED) is 0.774. The molecule has 1 heterocycles. The average Bonchev–Trinajstić information content (AvgIpc) is 2.27. The monoisotopic (exact) mass is 250 g/mol. The third-order valence-corrected chi connectivity index (χ3v) is 2.53. The molecule has 0 aromatic carbocycles. The number of aromatic nitrogens is 2. The van der Waals surface area contributed by atoms with Crippen molar-refractivity contribution in [3.8, 4) is 0 Å². The van der Waals surface area contributed by atoms with Gasteiger partial charge in [0.15, 0.2) is 0 Å². The van der Waals surface area contributed by atoms with E-state index in [4.69, 9.17) is 4.74 Å². The van der Waals surface area contributed by atoms with E-state index in [0.717, 1.165) is 11.5 Å². The molecule has 0 N–H and O–H groups in total. The maximum Gasteiger partial charge on any atom is 0.341 e. The van der Waals surface area contributed by atoms with Crippen LogP contribution in [0.4, 0.5) is 0 Å². The summed E-state index contributed by atoms with van der Waals surface area (Å²) < 4.78 is 5.05. The first-order valence-electron chi connectivity index (χ1n) is 6.32. The number of carbonyl (C=O) groups excluding carboxylic acids is 1. The van der Waals surface area contributed by atoms with Gasteiger partial charge in [-0.25, -0.2) is 14.8 Å². The highest BCUT2D eigenvalue weighted by molar-refractivity contribution is 5.90. The van der Waals surface area contributed by atoms with E-state index < -0.39 is 0 Å². The molecule has 0 radical (unpaired) electrons. The zero-order chi connectivity index (χ0) is 13.9. The first kappa shape index (κ1) is 14.6. The molecule has 100 valence electrons. The molecule has 0 spiro atoms. The number of esters is 1. The van der Waals surface area contributed by atoms with Gasteiger partial charge in [0.1, 0.15) is 11.4 Å². The molecular formula is C14H22N2O2. The number of rotatable bonds is 3. The second-order valence-electron chi connectivity index (χ2n) is 5.62. The highest BCUT2D eigenvalue weighted by Gasteiger charge is 2.25. The summed E-state index contributed by atoms with van der Waals surface area (Å²) in [4.78, 5) is 20.7. The van der Waals surface area contributed by atoms with Gasteiger partial charge in [-0.05, 0) is 6.92 Å². The zero-order valence-electron chi connectivity index (χ0n) is 12.1. The first-order valence-corrected chi connectivity index (χ1v) is 6.32. The largest absolute Gasteiger partial charge is 0.462 e. The number of hydrogen-bond donors (Lipinski definition) is 0. The van der Waals surface area contributed by atoms with Gasteiger partial charge in [0, 0.05) is 17.5 Å². The maximum atomic E-state index is 11.9. The SMILES string of the molecule is CCOC(=O)c1cnc(C(C)C)nc1C(C)(C)C. The minimum Gasteiger partial charge on any atom is -0.462 e. The Kier molecular flexibility index (Phi) is 4.43. The van der Waals surface area contributed by atoms with Crippen molar-refractivity contribution in [2.24, 2.45) is 0 Å². The summed E-state index contributed by atoms with van der Waals surface area (Å²) in [6.45, 7) is 12.3. The van der Waals surface area contributed by atoms with E-state index in [1.54, 1.807) is 13.1 Å². The Balaban J connectivity index is 3.30. The molecule has 0 saturated heterocycles. The van der Waals surface area contributed by atoms with Gasteiger partial charge in [-0.1, -0.05) is 34.6 Å². The number of carbonyl (C=O) groups is 1. The molecule has 0 amide bonds. The van der Waals surface area contributed by atoms with Crippen molar-refractivity contribution in [2.75, 3.05) is 6.61 Å².